The van der Waals surface area contributed by atoms with Gasteiger partial charge in [-0.05, 0) is 91.8 Å². The van der Waals surface area contributed by atoms with Crippen molar-refractivity contribution in [1.82, 2.24) is 15.0 Å². The third kappa shape index (κ3) is 7.60. The van der Waals surface area contributed by atoms with Gasteiger partial charge >= 0.3 is 0 Å². The van der Waals surface area contributed by atoms with Crippen LogP contribution in [0, 0.1) is 0 Å². The first kappa shape index (κ1) is 30.4. The first-order chi connectivity index (χ1) is 19.9. The molecule has 0 saturated carbocycles. The molecule has 0 fully saturated rings. The normalized spacial score (nSPS) is 11.4. The third-order valence-electron chi connectivity index (χ3n) is 5.73. The molecule has 2 N–H and O–H groups in total. The second-order valence-electron chi connectivity index (χ2n) is 11.0. The predicted octanol–water partition coefficient (Wildman–Crippen LogP) is 7.43. The lowest BCUT2D eigenvalue weighted by Crippen LogP contribution is -2.10. The van der Waals surface area contributed by atoms with E-state index in [2.05, 4.69) is 4.98 Å². The number of aromatic hydroxyl groups is 2. The monoisotopic (exact) mass is 573 g/mol. The molecule has 1 aromatic heterocycles. The van der Waals surface area contributed by atoms with E-state index < -0.39 is 0 Å². The summed E-state index contributed by atoms with van der Waals surface area (Å²) in [5.41, 5.74) is 1.35. The maximum absolute atomic E-state index is 11.0. The minimum atomic E-state index is -0.131. The smallest absolute Gasteiger partial charge is 0.167 e. The maximum Gasteiger partial charge on any atom is 0.167 e. The van der Waals surface area contributed by atoms with E-state index in [1.807, 2.05) is 73.6 Å². The van der Waals surface area contributed by atoms with E-state index in [0.29, 0.717) is 45.5 Å². The summed E-state index contributed by atoms with van der Waals surface area (Å²) in [4.78, 5) is 14.2. The fourth-order valence-electron chi connectivity index (χ4n) is 4.21. The highest BCUT2D eigenvalue weighted by molar-refractivity contribution is 5.74. The van der Waals surface area contributed by atoms with Crippen LogP contribution in [0.15, 0.2) is 54.6 Å². The zero-order valence-electron chi connectivity index (χ0n) is 25.4. The SMILES string of the molecule is CC(C)Oc1ccc(-c2nc(-c3ccc(OC(C)C)cc3O)nc(-c3ccc(OC(C)C)cc3OC(C)C)n2)c(O)c1. The molecule has 0 saturated heterocycles. The zero-order chi connectivity index (χ0) is 30.6. The first-order valence-electron chi connectivity index (χ1n) is 14.1. The first-order valence-corrected chi connectivity index (χ1v) is 14.1. The van der Waals surface area contributed by atoms with Crippen molar-refractivity contribution in [3.63, 3.8) is 0 Å². The number of nitrogens with zero attached hydrogens (tertiary/aromatic N) is 3. The standard InChI is InChI=1S/C33H39N3O6/c1-18(2)39-22-9-12-25(28(37)15-22)31-34-32(26-13-10-23(16-29(26)38)40-19(3)4)36-33(35-31)27-14-11-24(41-20(5)6)17-30(27)42-21(7)8/h9-21,37-38H,1-8H3. The van der Waals surface area contributed by atoms with Crippen molar-refractivity contribution < 1.29 is 29.2 Å². The molecule has 0 radical (unpaired) electrons. The Bertz CT molecular complexity index is 1460. The molecule has 0 amide bonds. The molecule has 0 spiro atoms. The number of aromatic nitrogens is 3. The lowest BCUT2D eigenvalue weighted by atomic mass is 10.1. The van der Waals surface area contributed by atoms with Gasteiger partial charge in [0.15, 0.2) is 17.5 Å². The van der Waals surface area contributed by atoms with Crippen LogP contribution in [0.2, 0.25) is 0 Å². The van der Waals surface area contributed by atoms with Crippen LogP contribution in [-0.2, 0) is 0 Å². The Balaban J connectivity index is 1.91. The van der Waals surface area contributed by atoms with Gasteiger partial charge in [0.1, 0.15) is 34.5 Å². The summed E-state index contributed by atoms with van der Waals surface area (Å²) in [6.45, 7) is 15.4. The van der Waals surface area contributed by atoms with Gasteiger partial charge in [0.05, 0.1) is 41.1 Å². The molecule has 3 aromatic carbocycles. The summed E-state index contributed by atoms with van der Waals surface area (Å²) >= 11 is 0. The molecule has 0 atom stereocenters. The zero-order valence-corrected chi connectivity index (χ0v) is 25.4. The highest BCUT2D eigenvalue weighted by atomic mass is 16.5. The summed E-state index contributed by atoms with van der Waals surface area (Å²) in [6.07, 6.45) is -0.264. The minimum absolute atomic E-state index is 0.0191. The predicted molar refractivity (Wildman–Crippen MR) is 163 cm³/mol. The van der Waals surface area contributed by atoms with Crippen LogP contribution >= 0.6 is 0 Å². The fourth-order valence-corrected chi connectivity index (χ4v) is 4.21. The van der Waals surface area contributed by atoms with Crippen LogP contribution in [0.1, 0.15) is 55.4 Å². The molecule has 42 heavy (non-hydrogen) atoms. The van der Waals surface area contributed by atoms with Gasteiger partial charge < -0.3 is 29.2 Å². The Kier molecular flexibility index (Phi) is 9.40. The van der Waals surface area contributed by atoms with Crippen molar-refractivity contribution in [2.75, 3.05) is 0 Å². The molecule has 9 nitrogen and oxygen atoms in total. The number of hydrogen-bond donors (Lipinski definition) is 2. The highest BCUT2D eigenvalue weighted by Gasteiger charge is 2.20. The second kappa shape index (κ2) is 13.0. The molecule has 4 aromatic rings. The van der Waals surface area contributed by atoms with Crippen LogP contribution in [0.5, 0.6) is 34.5 Å². The summed E-state index contributed by atoms with van der Waals surface area (Å²) < 4.78 is 23.5. The summed E-state index contributed by atoms with van der Waals surface area (Å²) in [7, 11) is 0. The molecule has 0 aliphatic carbocycles. The van der Waals surface area contributed by atoms with Crippen LogP contribution in [0.4, 0.5) is 0 Å². The number of rotatable bonds is 11. The quantitative estimate of drug-likeness (QED) is 0.189. The van der Waals surface area contributed by atoms with Crippen molar-refractivity contribution >= 4 is 0 Å². The van der Waals surface area contributed by atoms with Crippen molar-refractivity contribution in [1.29, 1.82) is 0 Å². The van der Waals surface area contributed by atoms with E-state index in [9.17, 15) is 10.2 Å². The average molecular weight is 574 g/mol. The number of hydrogen-bond acceptors (Lipinski definition) is 9. The highest BCUT2D eigenvalue weighted by Crippen LogP contribution is 2.38. The van der Waals surface area contributed by atoms with Gasteiger partial charge in [-0.25, -0.2) is 15.0 Å². The topological polar surface area (TPSA) is 116 Å². The number of ether oxygens (including phenoxy) is 4. The van der Waals surface area contributed by atoms with Gasteiger partial charge in [-0.1, -0.05) is 0 Å². The molecule has 0 unspecified atom stereocenters. The molecule has 9 heteroatoms. The fraction of sp³-hybridized carbons (Fsp3) is 0.364. The van der Waals surface area contributed by atoms with Gasteiger partial charge in [-0.3, -0.25) is 0 Å². The van der Waals surface area contributed by atoms with E-state index in [1.54, 1.807) is 24.3 Å². The number of phenolic OH excluding ortho intramolecular Hbond substituents is 2. The van der Waals surface area contributed by atoms with E-state index >= 15 is 0 Å². The van der Waals surface area contributed by atoms with Crippen LogP contribution in [0.25, 0.3) is 34.2 Å². The largest absolute Gasteiger partial charge is 0.507 e. The van der Waals surface area contributed by atoms with Crippen molar-refractivity contribution in [3.05, 3.63) is 54.6 Å². The van der Waals surface area contributed by atoms with Gasteiger partial charge in [-0.2, -0.15) is 0 Å². The molecular formula is C33H39N3O6. The van der Waals surface area contributed by atoms with Gasteiger partial charge in [0, 0.05) is 18.2 Å². The van der Waals surface area contributed by atoms with E-state index in [0.717, 1.165) is 0 Å². The molecule has 0 aliphatic heterocycles. The molecule has 0 bridgehead atoms. The molecule has 0 aliphatic rings. The van der Waals surface area contributed by atoms with Crippen LogP contribution < -0.4 is 18.9 Å². The van der Waals surface area contributed by atoms with Crippen molar-refractivity contribution in [3.8, 4) is 68.7 Å². The third-order valence-corrected chi connectivity index (χ3v) is 5.73. The molecule has 4 rings (SSSR count). The van der Waals surface area contributed by atoms with E-state index in [4.69, 9.17) is 28.9 Å². The van der Waals surface area contributed by atoms with Crippen molar-refractivity contribution in [2.24, 2.45) is 0 Å². The Morgan fingerprint density at radius 1 is 0.452 bits per heavy atom. The van der Waals surface area contributed by atoms with Gasteiger partial charge in [0.2, 0.25) is 0 Å². The van der Waals surface area contributed by atoms with Gasteiger partial charge in [-0.15, -0.1) is 0 Å². The summed E-state index contributed by atoms with van der Waals surface area (Å²) in [6, 6.07) is 15.4. The van der Waals surface area contributed by atoms with Crippen LogP contribution in [-0.4, -0.2) is 49.6 Å². The average Bonchev–Trinajstić information content (AvgIpc) is 2.87. The van der Waals surface area contributed by atoms with Crippen LogP contribution in [0.3, 0.4) is 0 Å². The molecule has 222 valence electrons. The summed E-state index contributed by atoms with van der Waals surface area (Å²) in [5.74, 6) is 2.83. The molecule has 1 heterocycles. The lowest BCUT2D eigenvalue weighted by Gasteiger charge is -2.18. The summed E-state index contributed by atoms with van der Waals surface area (Å²) in [5, 5.41) is 21.9. The number of benzene rings is 3. The van der Waals surface area contributed by atoms with Gasteiger partial charge in [0.25, 0.3) is 0 Å². The Hall–Kier alpha value is -4.53. The maximum atomic E-state index is 11.0. The Morgan fingerprint density at radius 3 is 1.14 bits per heavy atom. The van der Waals surface area contributed by atoms with E-state index in [-0.39, 0.29) is 47.6 Å². The van der Waals surface area contributed by atoms with E-state index in [1.165, 1.54) is 12.1 Å². The Morgan fingerprint density at radius 2 is 0.786 bits per heavy atom. The lowest BCUT2D eigenvalue weighted by molar-refractivity contribution is 0.229. The molecular weight excluding hydrogens is 534 g/mol. The Labute approximate surface area is 247 Å². The number of phenols is 2. The van der Waals surface area contributed by atoms with Crippen molar-refractivity contribution in [2.45, 2.75) is 79.8 Å². The minimum Gasteiger partial charge on any atom is -0.507 e. The second-order valence-corrected chi connectivity index (χ2v) is 11.0.